The van der Waals surface area contributed by atoms with Gasteiger partial charge in [0, 0.05) is 11.4 Å². The molecular weight excluding hydrogens is 172 g/mol. The molecule has 0 saturated carbocycles. The topological polar surface area (TPSA) is 64.1 Å². The zero-order valence-electron chi connectivity index (χ0n) is 7.88. The lowest BCUT2D eigenvalue weighted by Crippen LogP contribution is -2.23. The molecule has 1 aromatic rings. The highest BCUT2D eigenvalue weighted by atomic mass is 16.5. The largest absolute Gasteiger partial charge is 0.468 e. The first kappa shape index (κ1) is 9.57. The lowest BCUT2D eigenvalue weighted by atomic mass is 10.4. The fraction of sp³-hybridized carbons (Fsp3) is 0.500. The Morgan fingerprint density at radius 3 is 2.54 bits per heavy atom. The van der Waals surface area contributed by atoms with Crippen LogP contribution in [-0.2, 0) is 16.1 Å². The minimum Gasteiger partial charge on any atom is -0.468 e. The molecule has 1 rings (SSSR count). The molecule has 13 heavy (non-hydrogen) atoms. The highest BCUT2D eigenvalue weighted by molar-refractivity contribution is 5.69. The number of aryl methyl sites for hydroxylation is 1. The molecule has 0 saturated heterocycles. The Morgan fingerprint density at radius 1 is 1.54 bits per heavy atom. The molecule has 0 fully saturated rings. The van der Waals surface area contributed by atoms with Crippen LogP contribution in [0, 0.1) is 13.8 Å². The summed E-state index contributed by atoms with van der Waals surface area (Å²) in [7, 11) is 1.29. The summed E-state index contributed by atoms with van der Waals surface area (Å²) in [5.74, 6) is -0.427. The Hall–Kier alpha value is -1.52. The first-order valence-corrected chi connectivity index (χ1v) is 3.89. The van der Waals surface area contributed by atoms with Crippen molar-refractivity contribution in [2.24, 2.45) is 0 Å². The number of hydrogen-bond acceptors (Lipinski definition) is 3. The minimum atomic E-state index is -0.427. The molecule has 0 spiro atoms. The zero-order chi connectivity index (χ0) is 10.0. The van der Waals surface area contributed by atoms with Gasteiger partial charge in [-0.15, -0.1) is 0 Å². The second-order valence-corrected chi connectivity index (χ2v) is 2.80. The van der Waals surface area contributed by atoms with Crippen molar-refractivity contribution in [3.63, 3.8) is 0 Å². The van der Waals surface area contributed by atoms with Gasteiger partial charge < -0.3 is 9.72 Å². The van der Waals surface area contributed by atoms with Crippen LogP contribution in [0.3, 0.4) is 0 Å². The van der Waals surface area contributed by atoms with E-state index in [0.717, 1.165) is 11.4 Å². The van der Waals surface area contributed by atoms with Crippen molar-refractivity contribution in [1.29, 1.82) is 0 Å². The molecule has 0 unspecified atom stereocenters. The van der Waals surface area contributed by atoms with E-state index in [2.05, 4.69) is 9.72 Å². The molecule has 1 N–H and O–H groups in total. The Labute approximate surface area is 75.3 Å². The molecule has 1 heterocycles. The van der Waals surface area contributed by atoms with Crippen molar-refractivity contribution in [1.82, 2.24) is 9.55 Å². The molecule has 0 atom stereocenters. The number of carbonyl (C=O) groups excluding carboxylic acids is 1. The molecule has 0 amide bonds. The van der Waals surface area contributed by atoms with E-state index in [1.807, 2.05) is 0 Å². The number of hydrogen-bond donors (Lipinski definition) is 1. The highest BCUT2D eigenvalue weighted by Gasteiger charge is 2.09. The van der Waals surface area contributed by atoms with Crippen molar-refractivity contribution in [2.45, 2.75) is 20.4 Å². The van der Waals surface area contributed by atoms with Crippen LogP contribution in [0.15, 0.2) is 4.79 Å². The number of aromatic nitrogens is 2. The van der Waals surface area contributed by atoms with Crippen LogP contribution in [-0.4, -0.2) is 22.6 Å². The summed E-state index contributed by atoms with van der Waals surface area (Å²) in [6.07, 6.45) is 0. The summed E-state index contributed by atoms with van der Waals surface area (Å²) in [6.45, 7) is 3.52. The first-order valence-electron chi connectivity index (χ1n) is 3.89. The molecule has 0 aliphatic carbocycles. The van der Waals surface area contributed by atoms with Crippen molar-refractivity contribution in [3.05, 3.63) is 21.9 Å². The number of carbonyl (C=O) groups is 1. The van der Waals surface area contributed by atoms with E-state index in [1.165, 1.54) is 11.7 Å². The van der Waals surface area contributed by atoms with Crippen LogP contribution in [0.25, 0.3) is 0 Å². The van der Waals surface area contributed by atoms with Crippen molar-refractivity contribution >= 4 is 5.97 Å². The Bertz CT molecular complexity index is 375. The summed E-state index contributed by atoms with van der Waals surface area (Å²) in [5.41, 5.74) is 1.25. The Balaban J connectivity index is 3.01. The third-order valence-electron chi connectivity index (χ3n) is 2.00. The molecule has 5 heteroatoms. The second-order valence-electron chi connectivity index (χ2n) is 2.80. The molecular formula is C8H12N2O3. The van der Waals surface area contributed by atoms with Crippen molar-refractivity contribution < 1.29 is 9.53 Å². The summed E-state index contributed by atoms with van der Waals surface area (Å²) in [6, 6.07) is 0. The van der Waals surface area contributed by atoms with Crippen LogP contribution in [0.4, 0.5) is 0 Å². The van der Waals surface area contributed by atoms with E-state index in [0.29, 0.717) is 0 Å². The number of rotatable bonds is 2. The summed E-state index contributed by atoms with van der Waals surface area (Å²) in [5, 5.41) is 0. The Morgan fingerprint density at radius 2 is 2.15 bits per heavy atom. The fourth-order valence-electron chi connectivity index (χ4n) is 1.06. The molecule has 1 aromatic heterocycles. The summed E-state index contributed by atoms with van der Waals surface area (Å²) in [4.78, 5) is 24.7. The summed E-state index contributed by atoms with van der Waals surface area (Å²) < 4.78 is 5.81. The number of methoxy groups -OCH3 is 1. The van der Waals surface area contributed by atoms with Gasteiger partial charge in [0.05, 0.1) is 7.11 Å². The number of H-pyrrole nitrogens is 1. The van der Waals surface area contributed by atoms with E-state index >= 15 is 0 Å². The maximum Gasteiger partial charge on any atom is 0.326 e. The van der Waals surface area contributed by atoms with Crippen LogP contribution >= 0.6 is 0 Å². The van der Waals surface area contributed by atoms with Gasteiger partial charge in [0.15, 0.2) is 0 Å². The number of esters is 1. The van der Waals surface area contributed by atoms with E-state index in [-0.39, 0.29) is 12.2 Å². The molecule has 0 aliphatic rings. The SMILES string of the molecule is COC(=O)Cn1c(C)c(C)[nH]c1=O. The summed E-state index contributed by atoms with van der Waals surface area (Å²) >= 11 is 0. The maximum absolute atomic E-state index is 11.2. The second kappa shape index (κ2) is 3.47. The van der Waals surface area contributed by atoms with Gasteiger partial charge in [-0.2, -0.15) is 0 Å². The molecule has 5 nitrogen and oxygen atoms in total. The molecule has 0 radical (unpaired) electrons. The van der Waals surface area contributed by atoms with Gasteiger partial charge in [-0.3, -0.25) is 9.36 Å². The van der Waals surface area contributed by atoms with Crippen LogP contribution in [0.5, 0.6) is 0 Å². The van der Waals surface area contributed by atoms with Gasteiger partial charge in [0.2, 0.25) is 0 Å². The van der Waals surface area contributed by atoms with Crippen molar-refractivity contribution in [3.8, 4) is 0 Å². The monoisotopic (exact) mass is 184 g/mol. The number of aromatic amines is 1. The number of ether oxygens (including phenoxy) is 1. The van der Waals surface area contributed by atoms with Crippen LogP contribution in [0.2, 0.25) is 0 Å². The maximum atomic E-state index is 11.2. The van der Waals surface area contributed by atoms with E-state index in [9.17, 15) is 9.59 Å². The van der Waals surface area contributed by atoms with Gasteiger partial charge in [0.1, 0.15) is 6.54 Å². The smallest absolute Gasteiger partial charge is 0.326 e. The van der Waals surface area contributed by atoms with Gasteiger partial charge in [-0.05, 0) is 13.8 Å². The minimum absolute atomic E-state index is 0.0362. The number of imidazole rings is 1. The fourth-order valence-corrected chi connectivity index (χ4v) is 1.06. The lowest BCUT2D eigenvalue weighted by Gasteiger charge is -2.01. The molecule has 72 valence electrons. The third kappa shape index (κ3) is 1.80. The van der Waals surface area contributed by atoms with Gasteiger partial charge in [0.25, 0.3) is 0 Å². The van der Waals surface area contributed by atoms with E-state index in [1.54, 1.807) is 13.8 Å². The lowest BCUT2D eigenvalue weighted by molar-refractivity contribution is -0.141. The van der Waals surface area contributed by atoms with Gasteiger partial charge in [-0.25, -0.2) is 4.79 Å². The average molecular weight is 184 g/mol. The average Bonchev–Trinajstić information content (AvgIpc) is 2.32. The van der Waals surface area contributed by atoms with Crippen molar-refractivity contribution in [2.75, 3.05) is 7.11 Å². The van der Waals surface area contributed by atoms with Gasteiger partial charge in [-0.1, -0.05) is 0 Å². The first-order chi connectivity index (χ1) is 6.06. The highest BCUT2D eigenvalue weighted by Crippen LogP contribution is 1.99. The predicted molar refractivity (Wildman–Crippen MR) is 46.5 cm³/mol. The Kier molecular flexibility index (Phi) is 2.55. The molecule has 0 aliphatic heterocycles. The van der Waals surface area contributed by atoms with E-state index in [4.69, 9.17) is 0 Å². The number of nitrogens with zero attached hydrogens (tertiary/aromatic N) is 1. The normalized spacial score (nSPS) is 10.1. The van der Waals surface area contributed by atoms with Crippen LogP contribution in [0.1, 0.15) is 11.4 Å². The van der Waals surface area contributed by atoms with Crippen LogP contribution < -0.4 is 5.69 Å². The number of nitrogens with one attached hydrogen (secondary N) is 1. The van der Waals surface area contributed by atoms with Gasteiger partial charge >= 0.3 is 11.7 Å². The zero-order valence-corrected chi connectivity index (χ0v) is 7.88. The predicted octanol–water partition coefficient (Wildman–Crippen LogP) is -0.0338. The third-order valence-corrected chi connectivity index (χ3v) is 2.00. The van der Waals surface area contributed by atoms with E-state index < -0.39 is 5.97 Å². The quantitative estimate of drug-likeness (QED) is 0.656. The molecule has 0 bridgehead atoms. The standard InChI is InChI=1S/C8H12N2O3/c1-5-6(2)10(8(12)9-5)4-7(11)13-3/h4H2,1-3H3,(H,9,12). The molecule has 0 aromatic carbocycles.